The highest BCUT2D eigenvalue weighted by Crippen LogP contribution is 2.30. The lowest BCUT2D eigenvalue weighted by Gasteiger charge is -2.33. The molecule has 0 bridgehead atoms. The number of nitrogens with zero attached hydrogens (tertiary/aromatic N) is 2. The number of rotatable bonds is 6. The third-order valence-electron chi connectivity index (χ3n) is 6.34. The summed E-state index contributed by atoms with van der Waals surface area (Å²) in [6, 6.07) is 5.95. The molecule has 2 saturated heterocycles. The van der Waals surface area contributed by atoms with E-state index in [2.05, 4.69) is 28.5 Å². The Balaban J connectivity index is 1.42. The first-order valence-electron chi connectivity index (χ1n) is 10.8. The molecule has 3 amide bonds. The summed E-state index contributed by atoms with van der Waals surface area (Å²) in [6.45, 7) is 6.66. The van der Waals surface area contributed by atoms with Crippen LogP contribution in [0.25, 0.3) is 0 Å². The molecule has 0 aliphatic carbocycles. The number of amides is 3. The number of nitrogens with one attached hydrogen (secondary N) is 2. The Bertz CT molecular complexity index is 801. The maximum absolute atomic E-state index is 13.0. The van der Waals surface area contributed by atoms with Crippen molar-refractivity contribution in [2.45, 2.75) is 64.2 Å². The Hall–Kier alpha value is -2.25. The standard InChI is InChI=1S/C22H30N4O3/c1-2-10-23-16-8-11-25(12-9-16)13-15-4-3-5-17-18(15)14-26(22(17)29)19-6-7-20(27)24-21(19)28/h3-5,16,19,23H,2,6-14H2,1H3,(H,24,27,28). The summed E-state index contributed by atoms with van der Waals surface area (Å²) >= 11 is 0. The lowest BCUT2D eigenvalue weighted by molar-refractivity contribution is -0.136. The number of carbonyl (C=O) groups is 3. The van der Waals surface area contributed by atoms with Gasteiger partial charge in [-0.3, -0.25) is 24.6 Å². The second-order valence-electron chi connectivity index (χ2n) is 8.35. The molecule has 1 aromatic carbocycles. The number of hydrogen-bond donors (Lipinski definition) is 2. The van der Waals surface area contributed by atoms with Crippen LogP contribution in [0.5, 0.6) is 0 Å². The Morgan fingerprint density at radius 3 is 2.66 bits per heavy atom. The summed E-state index contributed by atoms with van der Waals surface area (Å²) in [5.74, 6) is -0.711. The molecule has 3 heterocycles. The molecule has 7 heteroatoms. The number of benzene rings is 1. The second kappa shape index (κ2) is 8.63. The average molecular weight is 399 g/mol. The fourth-order valence-corrected chi connectivity index (χ4v) is 4.68. The molecule has 29 heavy (non-hydrogen) atoms. The predicted octanol–water partition coefficient (Wildman–Crippen LogP) is 1.41. The van der Waals surface area contributed by atoms with Gasteiger partial charge in [-0.25, -0.2) is 0 Å². The summed E-state index contributed by atoms with van der Waals surface area (Å²) < 4.78 is 0. The summed E-state index contributed by atoms with van der Waals surface area (Å²) in [4.78, 5) is 40.7. The lowest BCUT2D eigenvalue weighted by atomic mass is 10.0. The zero-order valence-electron chi connectivity index (χ0n) is 17.1. The van der Waals surface area contributed by atoms with E-state index in [-0.39, 0.29) is 24.1 Å². The molecule has 1 atom stereocenters. The average Bonchev–Trinajstić information content (AvgIpc) is 3.05. The molecule has 3 aliphatic heterocycles. The van der Waals surface area contributed by atoms with Crippen LogP contribution in [0.2, 0.25) is 0 Å². The molecule has 3 aliphatic rings. The van der Waals surface area contributed by atoms with Crippen LogP contribution >= 0.6 is 0 Å². The first kappa shape index (κ1) is 20.0. The highest BCUT2D eigenvalue weighted by Gasteiger charge is 2.39. The van der Waals surface area contributed by atoms with Gasteiger partial charge in [-0.15, -0.1) is 0 Å². The molecule has 0 radical (unpaired) electrons. The molecule has 2 fully saturated rings. The SMILES string of the molecule is CCCNC1CCN(Cc2cccc3c2CN(C2CCC(=O)NC2=O)C3=O)CC1. The monoisotopic (exact) mass is 398 g/mol. The molecule has 1 aromatic rings. The zero-order valence-corrected chi connectivity index (χ0v) is 17.1. The minimum atomic E-state index is -0.555. The molecular formula is C22H30N4O3. The van der Waals surface area contributed by atoms with E-state index in [9.17, 15) is 14.4 Å². The van der Waals surface area contributed by atoms with Gasteiger partial charge in [0.2, 0.25) is 11.8 Å². The third-order valence-corrected chi connectivity index (χ3v) is 6.34. The molecule has 7 nitrogen and oxygen atoms in total. The largest absolute Gasteiger partial charge is 0.322 e. The van der Waals surface area contributed by atoms with Gasteiger partial charge >= 0.3 is 0 Å². The highest BCUT2D eigenvalue weighted by molar-refractivity contribution is 6.05. The van der Waals surface area contributed by atoms with Crippen molar-refractivity contribution in [3.05, 3.63) is 34.9 Å². The van der Waals surface area contributed by atoms with Gasteiger partial charge < -0.3 is 10.2 Å². The Kier molecular flexibility index (Phi) is 5.96. The van der Waals surface area contributed by atoms with E-state index < -0.39 is 6.04 Å². The van der Waals surface area contributed by atoms with Crippen LogP contribution in [0.3, 0.4) is 0 Å². The molecule has 4 rings (SSSR count). The van der Waals surface area contributed by atoms with Crippen molar-refractivity contribution in [1.29, 1.82) is 0 Å². The van der Waals surface area contributed by atoms with E-state index in [1.54, 1.807) is 4.90 Å². The van der Waals surface area contributed by atoms with Gasteiger partial charge in [-0.05, 0) is 62.5 Å². The van der Waals surface area contributed by atoms with Gasteiger partial charge in [-0.1, -0.05) is 19.1 Å². The number of likely N-dealkylation sites (tertiary alicyclic amines) is 1. The number of hydrogen-bond acceptors (Lipinski definition) is 5. The maximum atomic E-state index is 13.0. The van der Waals surface area contributed by atoms with Crippen molar-refractivity contribution in [3.8, 4) is 0 Å². The number of piperidine rings is 2. The van der Waals surface area contributed by atoms with Gasteiger partial charge in [-0.2, -0.15) is 0 Å². The summed E-state index contributed by atoms with van der Waals surface area (Å²) in [7, 11) is 0. The van der Waals surface area contributed by atoms with Crippen molar-refractivity contribution < 1.29 is 14.4 Å². The second-order valence-corrected chi connectivity index (χ2v) is 8.35. The molecule has 0 saturated carbocycles. The molecule has 156 valence electrons. The molecule has 2 N–H and O–H groups in total. The molecule has 1 unspecified atom stereocenters. The molecule has 0 aromatic heterocycles. The van der Waals surface area contributed by atoms with Crippen LogP contribution in [0.4, 0.5) is 0 Å². The van der Waals surface area contributed by atoms with E-state index in [1.807, 2.05) is 12.1 Å². The van der Waals surface area contributed by atoms with Crippen molar-refractivity contribution in [3.63, 3.8) is 0 Å². The minimum Gasteiger partial charge on any atom is -0.322 e. The Morgan fingerprint density at radius 1 is 1.14 bits per heavy atom. The Labute approximate surface area is 171 Å². The van der Waals surface area contributed by atoms with Gasteiger partial charge in [0.25, 0.3) is 5.91 Å². The third kappa shape index (κ3) is 4.21. The number of imide groups is 1. The van der Waals surface area contributed by atoms with E-state index in [1.165, 1.54) is 5.56 Å². The summed E-state index contributed by atoms with van der Waals surface area (Å²) in [5.41, 5.74) is 2.91. The lowest BCUT2D eigenvalue weighted by Crippen LogP contribution is -2.52. The van der Waals surface area contributed by atoms with E-state index >= 15 is 0 Å². The highest BCUT2D eigenvalue weighted by atomic mass is 16.2. The van der Waals surface area contributed by atoms with Gasteiger partial charge in [0.15, 0.2) is 0 Å². The number of carbonyl (C=O) groups excluding carboxylic acids is 3. The molecule has 0 spiro atoms. The van der Waals surface area contributed by atoms with Crippen molar-refractivity contribution >= 4 is 17.7 Å². The quantitative estimate of drug-likeness (QED) is 0.708. The predicted molar refractivity (Wildman–Crippen MR) is 109 cm³/mol. The molecular weight excluding hydrogens is 368 g/mol. The topological polar surface area (TPSA) is 81.8 Å². The van der Waals surface area contributed by atoms with Crippen LogP contribution in [0.1, 0.15) is 60.5 Å². The van der Waals surface area contributed by atoms with E-state index in [0.717, 1.165) is 51.0 Å². The fourth-order valence-electron chi connectivity index (χ4n) is 4.68. The van der Waals surface area contributed by atoms with Gasteiger partial charge in [0, 0.05) is 31.1 Å². The van der Waals surface area contributed by atoms with Crippen LogP contribution < -0.4 is 10.6 Å². The van der Waals surface area contributed by atoms with Crippen LogP contribution in [0.15, 0.2) is 18.2 Å². The van der Waals surface area contributed by atoms with Crippen LogP contribution in [0, 0.1) is 0 Å². The minimum absolute atomic E-state index is 0.0983. The smallest absolute Gasteiger partial charge is 0.255 e. The van der Waals surface area contributed by atoms with Crippen molar-refractivity contribution in [1.82, 2.24) is 20.4 Å². The Morgan fingerprint density at radius 2 is 1.93 bits per heavy atom. The van der Waals surface area contributed by atoms with Crippen LogP contribution in [-0.4, -0.2) is 59.2 Å². The normalized spacial score (nSPS) is 23.4. The van der Waals surface area contributed by atoms with Crippen LogP contribution in [-0.2, 0) is 22.7 Å². The first-order chi connectivity index (χ1) is 14.1. The first-order valence-corrected chi connectivity index (χ1v) is 10.8. The fraction of sp³-hybridized carbons (Fsp3) is 0.591. The number of fused-ring (bicyclic) bond motifs is 1. The van der Waals surface area contributed by atoms with Gasteiger partial charge in [0.1, 0.15) is 6.04 Å². The van der Waals surface area contributed by atoms with Crippen molar-refractivity contribution in [2.24, 2.45) is 0 Å². The van der Waals surface area contributed by atoms with E-state index in [0.29, 0.717) is 24.6 Å². The van der Waals surface area contributed by atoms with Crippen molar-refractivity contribution in [2.75, 3.05) is 19.6 Å². The maximum Gasteiger partial charge on any atom is 0.255 e. The van der Waals surface area contributed by atoms with Gasteiger partial charge in [0.05, 0.1) is 0 Å². The van der Waals surface area contributed by atoms with E-state index in [4.69, 9.17) is 0 Å². The zero-order chi connectivity index (χ0) is 20.4. The summed E-state index contributed by atoms with van der Waals surface area (Å²) in [5, 5.41) is 5.98. The summed E-state index contributed by atoms with van der Waals surface area (Å²) in [6.07, 6.45) is 4.14.